The monoisotopic (exact) mass is 644 g/mol. The molecule has 5 N–H and O–H groups in total. The highest BCUT2D eigenvalue weighted by molar-refractivity contribution is 6.36. The van der Waals surface area contributed by atoms with E-state index in [4.69, 9.17) is 67.7 Å². The van der Waals surface area contributed by atoms with Crippen molar-refractivity contribution >= 4 is 69.7 Å². The number of nitrogen functional groups attached to an aromatic ring is 2. The Labute approximate surface area is 251 Å². The van der Waals surface area contributed by atoms with E-state index in [1.54, 1.807) is 0 Å². The van der Waals surface area contributed by atoms with Gasteiger partial charge in [0.05, 0.1) is 46.4 Å². The quantitative estimate of drug-likeness (QED) is 0.194. The lowest BCUT2D eigenvalue weighted by Gasteiger charge is -2.11. The molecule has 15 heteroatoms. The van der Waals surface area contributed by atoms with Gasteiger partial charge in [0.15, 0.2) is 28.8 Å². The Morgan fingerprint density at radius 3 is 2.07 bits per heavy atom. The molecular formula is C26H18Cl4F2N4O5. The Kier molecular flexibility index (Phi) is 10.2. The minimum absolute atomic E-state index is 0.0584. The van der Waals surface area contributed by atoms with Crippen molar-refractivity contribution in [2.75, 3.05) is 25.7 Å². The number of carboxylic acid groups (broad SMARTS) is 1. The van der Waals surface area contributed by atoms with Crippen LogP contribution in [0.3, 0.4) is 0 Å². The number of benzene rings is 2. The molecular weight excluding hydrogens is 628 g/mol. The van der Waals surface area contributed by atoms with E-state index in [1.165, 1.54) is 56.7 Å². The summed E-state index contributed by atoms with van der Waals surface area (Å²) in [6.07, 6.45) is 0. The number of aromatic nitrogens is 2. The van der Waals surface area contributed by atoms with E-state index in [0.717, 1.165) is 0 Å². The maximum atomic E-state index is 14.4. The van der Waals surface area contributed by atoms with Crippen molar-refractivity contribution in [3.8, 4) is 28.3 Å². The Morgan fingerprint density at radius 1 is 0.878 bits per heavy atom. The number of carbonyl (C=O) groups is 2. The summed E-state index contributed by atoms with van der Waals surface area (Å²) >= 11 is 23.1. The molecule has 0 radical (unpaired) electrons. The maximum absolute atomic E-state index is 14.4. The highest BCUT2D eigenvalue weighted by Crippen LogP contribution is 2.36. The van der Waals surface area contributed by atoms with Crippen LogP contribution in [0.15, 0.2) is 42.5 Å². The van der Waals surface area contributed by atoms with Gasteiger partial charge in [0, 0.05) is 16.1 Å². The van der Waals surface area contributed by atoms with Gasteiger partial charge in [-0.25, -0.2) is 28.3 Å². The largest absolute Gasteiger partial charge is 0.492 e. The summed E-state index contributed by atoms with van der Waals surface area (Å²) in [6, 6.07) is 10.3. The number of esters is 1. The van der Waals surface area contributed by atoms with Crippen LogP contribution in [0.1, 0.15) is 21.0 Å². The molecule has 214 valence electrons. The first-order valence-electron chi connectivity index (χ1n) is 11.0. The van der Waals surface area contributed by atoms with Gasteiger partial charge in [0.1, 0.15) is 5.69 Å². The lowest BCUT2D eigenvalue weighted by Crippen LogP contribution is -2.08. The summed E-state index contributed by atoms with van der Waals surface area (Å²) in [4.78, 5) is 30.4. The first kappa shape index (κ1) is 31.6. The van der Waals surface area contributed by atoms with Crippen LogP contribution < -0.4 is 16.2 Å². The molecule has 9 nitrogen and oxygen atoms in total. The number of nitrogens with zero attached hydrogens (tertiary/aromatic N) is 2. The Bertz CT molecular complexity index is 1660. The predicted molar refractivity (Wildman–Crippen MR) is 153 cm³/mol. The molecule has 0 spiro atoms. The van der Waals surface area contributed by atoms with Gasteiger partial charge in [-0.2, -0.15) is 0 Å². The SMILES string of the molecule is COC(=O)c1nc(-c2ccc(Cl)c(OC)c2F)cc(N)c1Cl.Nc1c(F)c(-c2ccc(Cl)cc2)nc(C(=O)O)c1Cl. The topological polar surface area (TPSA) is 151 Å². The summed E-state index contributed by atoms with van der Waals surface area (Å²) in [7, 11) is 2.46. The van der Waals surface area contributed by atoms with Gasteiger partial charge in [-0.1, -0.05) is 58.5 Å². The van der Waals surface area contributed by atoms with E-state index < -0.39 is 40.0 Å². The standard InChI is InChI=1S/C14H11Cl2FN2O3.C12H7Cl2FN2O2/c1-21-13-7(15)4-3-6(11(13)17)9-5-8(18)10(16)12(19-9)14(20)22-2;13-6-3-1-5(2-4-6)10-8(15)9(16)7(14)11(17-10)12(18)19/h3-5H,1-2H3,(H2,18,19);1-4H,(H2,16,17)(H,18,19). The van der Waals surface area contributed by atoms with Crippen LogP contribution in [-0.4, -0.2) is 41.2 Å². The Morgan fingerprint density at radius 2 is 1.51 bits per heavy atom. The van der Waals surface area contributed by atoms with E-state index in [-0.39, 0.29) is 44.1 Å². The number of anilines is 2. The van der Waals surface area contributed by atoms with Crippen molar-refractivity contribution in [2.24, 2.45) is 0 Å². The summed E-state index contributed by atoms with van der Waals surface area (Å²) in [5, 5.41) is 9.05. The molecule has 2 aromatic carbocycles. The molecule has 4 aromatic rings. The molecule has 0 amide bonds. The average molecular weight is 646 g/mol. The van der Waals surface area contributed by atoms with Gasteiger partial charge in [0.2, 0.25) is 0 Å². The van der Waals surface area contributed by atoms with Crippen molar-refractivity contribution in [1.82, 2.24) is 9.97 Å². The van der Waals surface area contributed by atoms with Crippen LogP contribution in [0.5, 0.6) is 5.75 Å². The van der Waals surface area contributed by atoms with Crippen molar-refractivity contribution in [1.29, 1.82) is 0 Å². The molecule has 4 rings (SSSR count). The zero-order valence-corrected chi connectivity index (χ0v) is 24.0. The molecule has 41 heavy (non-hydrogen) atoms. The highest BCUT2D eigenvalue weighted by atomic mass is 35.5. The van der Waals surface area contributed by atoms with Crippen molar-refractivity contribution in [3.05, 3.63) is 85.6 Å². The van der Waals surface area contributed by atoms with Crippen LogP contribution in [0, 0.1) is 11.6 Å². The molecule has 0 aliphatic rings. The minimum atomic E-state index is -1.38. The van der Waals surface area contributed by atoms with Crippen molar-refractivity contribution < 1.29 is 33.0 Å². The second-order valence-electron chi connectivity index (χ2n) is 7.86. The average Bonchev–Trinajstić information content (AvgIpc) is 2.94. The summed E-state index contributed by atoms with van der Waals surface area (Å²) in [5.41, 5.74) is 10.5. The lowest BCUT2D eigenvalue weighted by atomic mass is 10.1. The van der Waals surface area contributed by atoms with E-state index in [2.05, 4.69) is 14.7 Å². The van der Waals surface area contributed by atoms with Crippen LogP contribution in [-0.2, 0) is 4.74 Å². The number of hydrogen-bond donors (Lipinski definition) is 3. The number of carboxylic acids is 1. The number of methoxy groups -OCH3 is 2. The maximum Gasteiger partial charge on any atom is 0.358 e. The second kappa shape index (κ2) is 13.2. The van der Waals surface area contributed by atoms with Gasteiger partial charge in [-0.3, -0.25) is 0 Å². The molecule has 0 unspecified atom stereocenters. The fraction of sp³-hybridized carbons (Fsp3) is 0.0769. The number of pyridine rings is 2. The van der Waals surface area contributed by atoms with E-state index in [0.29, 0.717) is 10.6 Å². The highest BCUT2D eigenvalue weighted by Gasteiger charge is 2.22. The molecule has 0 atom stereocenters. The smallest absolute Gasteiger partial charge is 0.358 e. The number of carbonyl (C=O) groups excluding carboxylic acids is 1. The number of rotatable bonds is 5. The third-order valence-electron chi connectivity index (χ3n) is 5.33. The molecule has 0 aliphatic heterocycles. The van der Waals surface area contributed by atoms with Gasteiger partial charge in [-0.05, 0) is 30.3 Å². The summed E-state index contributed by atoms with van der Waals surface area (Å²) < 4.78 is 37.9. The summed E-state index contributed by atoms with van der Waals surface area (Å²) in [6.45, 7) is 0. The van der Waals surface area contributed by atoms with Crippen LogP contribution in [0.25, 0.3) is 22.5 Å². The number of halogens is 6. The molecule has 0 aliphatic carbocycles. The van der Waals surface area contributed by atoms with Gasteiger partial charge < -0.3 is 26.0 Å². The molecule has 0 saturated carbocycles. The second-order valence-corrected chi connectivity index (χ2v) is 9.46. The van der Waals surface area contributed by atoms with Crippen molar-refractivity contribution in [2.45, 2.75) is 0 Å². The zero-order valence-electron chi connectivity index (χ0n) is 20.9. The molecule has 0 fully saturated rings. The number of hydrogen-bond acceptors (Lipinski definition) is 8. The Hall–Kier alpha value is -3.90. The molecule has 2 heterocycles. The molecule has 0 saturated heterocycles. The first-order valence-corrected chi connectivity index (χ1v) is 12.5. The molecule has 2 aromatic heterocycles. The molecule has 0 bridgehead atoms. The van der Waals surface area contributed by atoms with Gasteiger partial charge in [-0.15, -0.1) is 0 Å². The number of aromatic carboxylic acids is 1. The normalized spacial score (nSPS) is 10.4. The van der Waals surface area contributed by atoms with Gasteiger partial charge >= 0.3 is 11.9 Å². The van der Waals surface area contributed by atoms with Crippen LogP contribution in [0.4, 0.5) is 20.2 Å². The van der Waals surface area contributed by atoms with E-state index in [1.807, 2.05) is 0 Å². The minimum Gasteiger partial charge on any atom is -0.492 e. The Balaban J connectivity index is 0.000000228. The fourth-order valence-corrected chi connectivity index (χ4v) is 4.07. The summed E-state index contributed by atoms with van der Waals surface area (Å²) in [5.74, 6) is -3.88. The predicted octanol–water partition coefficient (Wildman–Crippen LogP) is 7.05. The fourth-order valence-electron chi connectivity index (χ4n) is 3.34. The zero-order chi connectivity index (χ0) is 30.6. The van der Waals surface area contributed by atoms with Crippen LogP contribution >= 0.6 is 46.4 Å². The van der Waals surface area contributed by atoms with E-state index in [9.17, 15) is 18.4 Å². The third kappa shape index (κ3) is 6.71. The third-order valence-corrected chi connectivity index (χ3v) is 6.66. The first-order chi connectivity index (χ1) is 19.3. The number of nitrogens with two attached hydrogens (primary N) is 2. The number of ether oxygens (including phenoxy) is 2. The lowest BCUT2D eigenvalue weighted by molar-refractivity contribution is 0.0593. The van der Waals surface area contributed by atoms with Gasteiger partial charge in [0.25, 0.3) is 0 Å². The van der Waals surface area contributed by atoms with Crippen molar-refractivity contribution in [3.63, 3.8) is 0 Å². The van der Waals surface area contributed by atoms with E-state index >= 15 is 0 Å². The van der Waals surface area contributed by atoms with Crippen LogP contribution in [0.2, 0.25) is 20.1 Å².